The monoisotopic (exact) mass is 745 g/mol. The van der Waals surface area contributed by atoms with Crippen molar-refractivity contribution in [1.82, 2.24) is 0 Å². The summed E-state index contributed by atoms with van der Waals surface area (Å²) >= 11 is 0. The summed E-state index contributed by atoms with van der Waals surface area (Å²) in [4.78, 5) is 14.1. The van der Waals surface area contributed by atoms with Gasteiger partial charge < -0.3 is 53.8 Å². The molecule has 8 saturated heterocycles. The summed E-state index contributed by atoms with van der Waals surface area (Å²) in [5.41, 5.74) is 7.96. The second-order valence-electron chi connectivity index (χ2n) is 17.7. The molecule has 1 spiro atoms. The minimum Gasteiger partial charge on any atom is -0.392 e. The lowest BCUT2D eigenvalue weighted by molar-refractivity contribution is -0.290. The highest BCUT2D eigenvalue weighted by Gasteiger charge is 2.62. The Balaban J connectivity index is 1.07. The average Bonchev–Trinajstić information content (AvgIpc) is 3.75. The first kappa shape index (κ1) is 38.6. The third-order valence-electron chi connectivity index (χ3n) is 14.1. The van der Waals surface area contributed by atoms with Crippen molar-refractivity contribution >= 4 is 5.78 Å². The van der Waals surface area contributed by atoms with Gasteiger partial charge in [0.25, 0.3) is 0 Å². The Morgan fingerprint density at radius 3 is 2.40 bits per heavy atom. The van der Waals surface area contributed by atoms with E-state index in [1.54, 1.807) is 7.11 Å². The van der Waals surface area contributed by atoms with Gasteiger partial charge in [0.1, 0.15) is 18.0 Å². The predicted molar refractivity (Wildman–Crippen MR) is 193 cm³/mol. The van der Waals surface area contributed by atoms with Crippen LogP contribution in [0.1, 0.15) is 97.3 Å². The van der Waals surface area contributed by atoms with Gasteiger partial charge in [0.05, 0.1) is 79.4 Å². The molecule has 0 aromatic heterocycles. The maximum atomic E-state index is 14.1. The molecule has 0 saturated carbocycles. The van der Waals surface area contributed by atoms with Crippen molar-refractivity contribution in [2.24, 2.45) is 23.5 Å². The summed E-state index contributed by atoms with van der Waals surface area (Å²) in [6.07, 6.45) is 3.08. The van der Waals surface area contributed by atoms with Gasteiger partial charge in [-0.15, -0.1) is 0 Å². The Labute approximate surface area is 314 Å². The third kappa shape index (κ3) is 7.61. The van der Waals surface area contributed by atoms with Crippen LogP contribution in [0.4, 0.5) is 0 Å². The average molecular weight is 746 g/mol. The molecule has 8 aliphatic rings. The van der Waals surface area contributed by atoms with Crippen LogP contribution in [0.2, 0.25) is 0 Å². The number of aliphatic hydroxyl groups excluding tert-OH is 2. The van der Waals surface area contributed by atoms with E-state index in [2.05, 4.69) is 27.0 Å². The number of Topliss-reactive ketones (excluding diaryl/α,β-unsaturated/α-hetero) is 1. The van der Waals surface area contributed by atoms with Gasteiger partial charge in [0, 0.05) is 64.0 Å². The summed E-state index contributed by atoms with van der Waals surface area (Å²) in [6.45, 7) is 13.3. The van der Waals surface area contributed by atoms with Gasteiger partial charge in [-0.2, -0.15) is 0 Å². The Morgan fingerprint density at radius 1 is 0.849 bits per heavy atom. The second kappa shape index (κ2) is 15.6. The lowest BCUT2D eigenvalue weighted by Crippen LogP contribution is -2.62. The molecule has 0 aromatic rings. The molecule has 8 aliphatic heterocycles. The minimum absolute atomic E-state index is 0.0110. The fraction of sp³-hybridized carbons (Fsp3) is 0.878. The number of ketones is 1. The maximum absolute atomic E-state index is 14.1. The van der Waals surface area contributed by atoms with Gasteiger partial charge in [-0.1, -0.05) is 27.0 Å². The minimum atomic E-state index is -0.966. The first-order valence-corrected chi connectivity index (χ1v) is 20.5. The van der Waals surface area contributed by atoms with Crippen LogP contribution < -0.4 is 5.73 Å². The Bertz CT molecular complexity index is 1360. The van der Waals surface area contributed by atoms with Crippen molar-refractivity contribution in [3.8, 4) is 0 Å². The van der Waals surface area contributed by atoms with E-state index >= 15 is 0 Å². The zero-order valence-corrected chi connectivity index (χ0v) is 31.9. The molecule has 298 valence electrons. The van der Waals surface area contributed by atoms with Crippen molar-refractivity contribution in [2.75, 3.05) is 13.7 Å². The third-order valence-corrected chi connectivity index (χ3v) is 14.1. The normalized spacial score (nSPS) is 51.1. The zero-order chi connectivity index (χ0) is 37.2. The van der Waals surface area contributed by atoms with Crippen LogP contribution in [0.3, 0.4) is 0 Å². The number of aliphatic hydroxyl groups is 2. The van der Waals surface area contributed by atoms with Gasteiger partial charge >= 0.3 is 0 Å². The number of hydrogen-bond donors (Lipinski definition) is 3. The molecule has 53 heavy (non-hydrogen) atoms. The summed E-state index contributed by atoms with van der Waals surface area (Å²) in [5.74, 6) is -0.913. The lowest BCUT2D eigenvalue weighted by atomic mass is 9.80. The maximum Gasteiger partial charge on any atom is 0.172 e. The number of ether oxygens (including phenoxy) is 8. The number of carbonyl (C=O) groups excluding carboxylic acids is 1. The highest BCUT2D eigenvalue weighted by Crippen LogP contribution is 2.51. The van der Waals surface area contributed by atoms with Crippen LogP contribution in [0.15, 0.2) is 24.3 Å². The van der Waals surface area contributed by atoms with E-state index in [0.717, 1.165) is 49.7 Å². The van der Waals surface area contributed by atoms with Crippen LogP contribution in [0, 0.1) is 17.8 Å². The molecule has 8 heterocycles. The molecule has 10 bridgehead atoms. The molecule has 12 nitrogen and oxygen atoms in total. The molecular weight excluding hydrogens is 682 g/mol. The Hall–Kier alpha value is -1.29. The van der Waals surface area contributed by atoms with Crippen molar-refractivity contribution in [1.29, 1.82) is 0 Å². The van der Waals surface area contributed by atoms with Gasteiger partial charge in [0.15, 0.2) is 5.79 Å². The molecule has 8 fully saturated rings. The Kier molecular flexibility index (Phi) is 11.3. The van der Waals surface area contributed by atoms with Crippen LogP contribution in [-0.4, -0.2) is 127 Å². The molecular formula is C41H63NO11. The van der Waals surface area contributed by atoms with Crippen molar-refractivity contribution in [3.63, 3.8) is 0 Å². The van der Waals surface area contributed by atoms with E-state index < -0.39 is 30.2 Å². The van der Waals surface area contributed by atoms with Crippen LogP contribution in [-0.2, 0) is 42.7 Å². The van der Waals surface area contributed by atoms with Gasteiger partial charge in [-0.05, 0) is 62.0 Å². The predicted octanol–water partition coefficient (Wildman–Crippen LogP) is 3.67. The first-order valence-electron chi connectivity index (χ1n) is 20.5. The number of rotatable bonds is 4. The molecule has 0 aromatic carbocycles. The zero-order valence-electron chi connectivity index (χ0n) is 31.9. The fourth-order valence-corrected chi connectivity index (χ4v) is 11.1. The first-order chi connectivity index (χ1) is 25.4. The molecule has 4 N–H and O–H groups in total. The molecule has 19 atom stereocenters. The number of carbonyl (C=O) groups is 1. The number of fused-ring (bicyclic) bond motifs is 9. The van der Waals surface area contributed by atoms with Crippen molar-refractivity contribution < 1.29 is 52.9 Å². The standard InChI is InChI=1S/C41H63NO11/c1-20-12-26-6-8-31-21(2)13-28(47-31)10-11-41-18-30(45)39(53-41)36-23(4)37(52-41)40-32(51-36)9-7-27(49-40)14-24(43)15-29-34(17-33(48-26)22(20)3)50-35(38(29)46-5)16-25(44)19-42/h20,23,25-40,44-45H,2-3,6-19,42H2,1,4-5H3/t20-,23-,25+,26+,27?,28+,29+,30?,31+,32+,33-,34+,35-,36?,37-,38-,39+,40+,41-/m1/s1. The van der Waals surface area contributed by atoms with E-state index in [0.29, 0.717) is 32.1 Å². The van der Waals surface area contributed by atoms with Gasteiger partial charge in [-0.25, -0.2) is 0 Å². The van der Waals surface area contributed by atoms with Gasteiger partial charge in [-0.3, -0.25) is 4.79 Å². The quantitative estimate of drug-likeness (QED) is 0.360. The summed E-state index contributed by atoms with van der Waals surface area (Å²) in [6, 6.07) is 0. The summed E-state index contributed by atoms with van der Waals surface area (Å²) < 4.78 is 53.3. The van der Waals surface area contributed by atoms with E-state index in [1.165, 1.54) is 0 Å². The summed E-state index contributed by atoms with van der Waals surface area (Å²) in [7, 11) is 1.65. The van der Waals surface area contributed by atoms with E-state index in [-0.39, 0.29) is 110 Å². The van der Waals surface area contributed by atoms with Crippen LogP contribution in [0.5, 0.6) is 0 Å². The summed E-state index contributed by atoms with van der Waals surface area (Å²) in [5, 5.41) is 21.8. The van der Waals surface area contributed by atoms with Crippen molar-refractivity contribution in [3.05, 3.63) is 24.3 Å². The number of nitrogens with two attached hydrogens (primary N) is 1. The van der Waals surface area contributed by atoms with E-state index in [9.17, 15) is 15.0 Å². The number of hydrogen-bond acceptors (Lipinski definition) is 12. The molecule has 0 aliphatic carbocycles. The molecule has 3 unspecified atom stereocenters. The van der Waals surface area contributed by atoms with Crippen LogP contribution >= 0.6 is 0 Å². The van der Waals surface area contributed by atoms with Crippen LogP contribution in [0.25, 0.3) is 0 Å². The highest BCUT2D eigenvalue weighted by atomic mass is 16.7. The van der Waals surface area contributed by atoms with E-state index in [1.807, 2.05) is 0 Å². The SMILES string of the molecule is C=C1C[C@@H]2CC[C@]34CC(O)[C@H](O3)C3O[C@H]5CCC(CC(=O)C[C@@H]6[C@@H](OC)[C@@H](C[C@H](O)CN)O[C@H]6C[C@H]6O[C@@H](CC[C@@H]1O2)C[C@@H](C)C6=C)O[C@@H]5[C@H](O4)[C@@H]3C. The van der Waals surface area contributed by atoms with Crippen molar-refractivity contribution in [2.45, 2.75) is 195 Å². The number of methoxy groups -OCH3 is 1. The highest BCUT2D eigenvalue weighted by molar-refractivity contribution is 5.79. The Morgan fingerprint density at radius 2 is 1.60 bits per heavy atom. The fourth-order valence-electron chi connectivity index (χ4n) is 11.1. The second-order valence-corrected chi connectivity index (χ2v) is 17.7. The molecule has 0 radical (unpaired) electrons. The van der Waals surface area contributed by atoms with Gasteiger partial charge in [0.2, 0.25) is 0 Å². The van der Waals surface area contributed by atoms with E-state index in [4.69, 9.17) is 43.6 Å². The largest absolute Gasteiger partial charge is 0.392 e. The molecule has 8 rings (SSSR count). The molecule has 12 heteroatoms. The lowest BCUT2D eigenvalue weighted by Gasteiger charge is -2.50. The molecule has 0 amide bonds. The smallest absolute Gasteiger partial charge is 0.172 e. The topological polar surface area (TPSA) is 157 Å².